The fourth-order valence-electron chi connectivity index (χ4n) is 1.66. The molecule has 0 saturated carbocycles. The molecule has 0 saturated heterocycles. The summed E-state index contributed by atoms with van der Waals surface area (Å²) in [5.74, 6) is -1.15. The third-order valence-corrected chi connectivity index (χ3v) is 3.22. The number of hydrogen-bond acceptors (Lipinski definition) is 4. The van der Waals surface area contributed by atoms with E-state index >= 15 is 0 Å². The molecule has 2 rings (SSSR count). The van der Waals surface area contributed by atoms with E-state index in [4.69, 9.17) is 5.11 Å². The zero-order valence-electron chi connectivity index (χ0n) is 10.0. The normalized spacial score (nSPS) is 10.1. The number of nitro groups is 1. The van der Waals surface area contributed by atoms with Crippen molar-refractivity contribution in [2.45, 2.75) is 0 Å². The minimum Gasteiger partial charge on any atom is -0.478 e. The van der Waals surface area contributed by atoms with Gasteiger partial charge in [-0.05, 0) is 46.9 Å². The first-order chi connectivity index (χ1) is 9.47. The highest BCUT2D eigenvalue weighted by Gasteiger charge is 2.15. The van der Waals surface area contributed by atoms with Gasteiger partial charge in [-0.3, -0.25) is 10.1 Å². The maximum atomic E-state index is 11.1. The van der Waals surface area contributed by atoms with Crippen LogP contribution in [-0.4, -0.2) is 16.0 Å². The van der Waals surface area contributed by atoms with Gasteiger partial charge in [0.1, 0.15) is 0 Å². The number of halogens is 1. The summed E-state index contributed by atoms with van der Waals surface area (Å²) >= 11 is 2.12. The number of anilines is 2. The van der Waals surface area contributed by atoms with Crippen LogP contribution in [0.1, 0.15) is 10.4 Å². The Morgan fingerprint density at radius 3 is 2.60 bits per heavy atom. The summed E-state index contributed by atoms with van der Waals surface area (Å²) in [4.78, 5) is 21.4. The van der Waals surface area contributed by atoms with Crippen LogP contribution in [0.2, 0.25) is 0 Å². The maximum Gasteiger partial charge on any atom is 0.337 e. The highest BCUT2D eigenvalue weighted by atomic mass is 127. The van der Waals surface area contributed by atoms with Crippen LogP contribution in [0.4, 0.5) is 17.1 Å². The van der Waals surface area contributed by atoms with Crippen LogP contribution in [0.5, 0.6) is 0 Å². The van der Waals surface area contributed by atoms with Gasteiger partial charge < -0.3 is 10.4 Å². The van der Waals surface area contributed by atoms with E-state index in [2.05, 4.69) is 27.9 Å². The molecule has 2 aromatic rings. The number of carboxylic acid groups (broad SMARTS) is 1. The average molecular weight is 384 g/mol. The van der Waals surface area contributed by atoms with Gasteiger partial charge in [-0.2, -0.15) is 0 Å². The SMILES string of the molecule is O=C(O)c1ccc([N+](=O)[O-])cc1Nc1cccc(I)c1. The first-order valence-corrected chi connectivity index (χ1v) is 6.59. The molecule has 0 heterocycles. The lowest BCUT2D eigenvalue weighted by Crippen LogP contribution is -2.03. The molecule has 0 atom stereocenters. The number of benzene rings is 2. The molecule has 0 amide bonds. The Morgan fingerprint density at radius 2 is 2.00 bits per heavy atom. The third kappa shape index (κ3) is 3.23. The van der Waals surface area contributed by atoms with Crippen LogP contribution in [0.15, 0.2) is 42.5 Å². The van der Waals surface area contributed by atoms with Crippen molar-refractivity contribution < 1.29 is 14.8 Å². The summed E-state index contributed by atoms with van der Waals surface area (Å²) in [6, 6.07) is 10.9. The fraction of sp³-hybridized carbons (Fsp3) is 0. The molecule has 0 unspecified atom stereocenters. The number of aromatic carboxylic acids is 1. The van der Waals surface area contributed by atoms with Gasteiger partial charge in [0.15, 0.2) is 0 Å². The van der Waals surface area contributed by atoms with Crippen molar-refractivity contribution in [1.82, 2.24) is 0 Å². The van der Waals surface area contributed by atoms with Gasteiger partial charge >= 0.3 is 5.97 Å². The molecule has 102 valence electrons. The van der Waals surface area contributed by atoms with E-state index in [-0.39, 0.29) is 16.9 Å². The number of carboxylic acids is 1. The molecule has 0 aromatic heterocycles. The van der Waals surface area contributed by atoms with E-state index in [9.17, 15) is 14.9 Å². The molecule has 0 aliphatic carbocycles. The summed E-state index contributed by atoms with van der Waals surface area (Å²) in [5, 5.41) is 22.8. The molecule has 2 aromatic carbocycles. The minimum absolute atomic E-state index is 0.0190. The minimum atomic E-state index is -1.15. The zero-order valence-corrected chi connectivity index (χ0v) is 12.2. The second-order valence-electron chi connectivity index (χ2n) is 3.93. The Labute approximate surface area is 127 Å². The molecule has 7 heteroatoms. The summed E-state index contributed by atoms with van der Waals surface area (Å²) in [7, 11) is 0. The lowest BCUT2D eigenvalue weighted by atomic mass is 10.1. The van der Waals surface area contributed by atoms with Crippen molar-refractivity contribution >= 4 is 45.6 Å². The molecule has 0 radical (unpaired) electrons. The van der Waals surface area contributed by atoms with E-state index in [0.717, 1.165) is 3.57 Å². The molecule has 0 fully saturated rings. The quantitative estimate of drug-likeness (QED) is 0.477. The molecular formula is C13H9IN2O4. The Morgan fingerprint density at radius 1 is 1.25 bits per heavy atom. The molecule has 20 heavy (non-hydrogen) atoms. The average Bonchev–Trinajstić information content (AvgIpc) is 2.38. The van der Waals surface area contributed by atoms with Gasteiger partial charge in [0.05, 0.1) is 16.2 Å². The summed E-state index contributed by atoms with van der Waals surface area (Å²) in [6.07, 6.45) is 0. The highest BCUT2D eigenvalue weighted by Crippen LogP contribution is 2.26. The summed E-state index contributed by atoms with van der Waals surface area (Å²) in [5.41, 5.74) is 0.672. The first-order valence-electron chi connectivity index (χ1n) is 5.51. The first kappa shape index (κ1) is 14.3. The molecule has 6 nitrogen and oxygen atoms in total. The molecule has 0 aliphatic heterocycles. The predicted octanol–water partition coefficient (Wildman–Crippen LogP) is 3.64. The lowest BCUT2D eigenvalue weighted by Gasteiger charge is -2.09. The third-order valence-electron chi connectivity index (χ3n) is 2.55. The van der Waals surface area contributed by atoms with Gasteiger partial charge in [-0.25, -0.2) is 4.79 Å². The Bertz CT molecular complexity index is 688. The van der Waals surface area contributed by atoms with Crippen LogP contribution in [0.3, 0.4) is 0 Å². The number of non-ortho nitro benzene ring substituents is 1. The standard InChI is InChI=1S/C13H9IN2O4/c14-8-2-1-3-9(6-8)15-12-7-10(16(19)20)4-5-11(12)13(17)18/h1-7,15H,(H,17,18). The van der Waals surface area contributed by atoms with Crippen LogP contribution in [0, 0.1) is 13.7 Å². The van der Waals surface area contributed by atoms with E-state index in [0.29, 0.717) is 5.69 Å². The Balaban J connectivity index is 2.44. The lowest BCUT2D eigenvalue weighted by molar-refractivity contribution is -0.384. The Kier molecular flexibility index (Phi) is 4.18. The molecule has 2 N–H and O–H groups in total. The van der Waals surface area contributed by atoms with E-state index in [1.54, 1.807) is 6.07 Å². The zero-order chi connectivity index (χ0) is 14.7. The molecule has 0 spiro atoms. The van der Waals surface area contributed by atoms with Gasteiger partial charge in [0, 0.05) is 21.4 Å². The maximum absolute atomic E-state index is 11.1. The van der Waals surface area contributed by atoms with E-state index < -0.39 is 10.9 Å². The van der Waals surface area contributed by atoms with Crippen molar-refractivity contribution in [3.05, 3.63) is 61.7 Å². The van der Waals surface area contributed by atoms with Crippen molar-refractivity contribution in [2.75, 3.05) is 5.32 Å². The second kappa shape index (κ2) is 5.87. The fourth-order valence-corrected chi connectivity index (χ4v) is 2.20. The summed E-state index contributed by atoms with van der Waals surface area (Å²) < 4.78 is 0.968. The molecule has 0 aliphatic rings. The van der Waals surface area contributed by atoms with Crippen molar-refractivity contribution in [3.63, 3.8) is 0 Å². The Hall–Kier alpha value is -2.16. The van der Waals surface area contributed by atoms with Crippen LogP contribution < -0.4 is 5.32 Å². The van der Waals surface area contributed by atoms with Gasteiger partial charge in [-0.15, -0.1) is 0 Å². The number of carbonyl (C=O) groups is 1. The number of hydrogen-bond donors (Lipinski definition) is 2. The van der Waals surface area contributed by atoms with Gasteiger partial charge in [0.2, 0.25) is 0 Å². The molecular weight excluding hydrogens is 375 g/mol. The van der Waals surface area contributed by atoms with E-state index in [1.807, 2.05) is 18.2 Å². The van der Waals surface area contributed by atoms with Gasteiger partial charge in [0.25, 0.3) is 5.69 Å². The summed E-state index contributed by atoms with van der Waals surface area (Å²) in [6.45, 7) is 0. The topological polar surface area (TPSA) is 92.5 Å². The highest BCUT2D eigenvalue weighted by molar-refractivity contribution is 14.1. The van der Waals surface area contributed by atoms with Gasteiger partial charge in [-0.1, -0.05) is 6.07 Å². The second-order valence-corrected chi connectivity index (χ2v) is 5.17. The number of rotatable bonds is 4. The van der Waals surface area contributed by atoms with Crippen LogP contribution in [-0.2, 0) is 0 Å². The number of nitro benzene ring substituents is 1. The number of nitrogens with one attached hydrogen (secondary N) is 1. The van der Waals surface area contributed by atoms with Crippen LogP contribution in [0.25, 0.3) is 0 Å². The van der Waals surface area contributed by atoms with Crippen molar-refractivity contribution in [3.8, 4) is 0 Å². The predicted molar refractivity (Wildman–Crippen MR) is 82.5 cm³/mol. The number of nitrogens with zero attached hydrogens (tertiary/aromatic N) is 1. The van der Waals surface area contributed by atoms with E-state index in [1.165, 1.54) is 18.2 Å². The van der Waals surface area contributed by atoms with Crippen molar-refractivity contribution in [2.24, 2.45) is 0 Å². The van der Waals surface area contributed by atoms with Crippen LogP contribution >= 0.6 is 22.6 Å². The smallest absolute Gasteiger partial charge is 0.337 e. The molecule has 0 bridgehead atoms. The largest absolute Gasteiger partial charge is 0.478 e. The van der Waals surface area contributed by atoms with Crippen molar-refractivity contribution in [1.29, 1.82) is 0 Å². The monoisotopic (exact) mass is 384 g/mol.